The predicted molar refractivity (Wildman–Crippen MR) is 99.7 cm³/mol. The van der Waals surface area contributed by atoms with Gasteiger partial charge in [0.05, 0.1) is 5.92 Å². The minimum Gasteiger partial charge on any atom is -0.507 e. The molecule has 6 nitrogen and oxygen atoms in total. The molecule has 2 aromatic carbocycles. The molecule has 0 bridgehead atoms. The van der Waals surface area contributed by atoms with Crippen molar-refractivity contribution in [2.45, 2.75) is 44.8 Å². The molecule has 3 unspecified atom stereocenters. The first kappa shape index (κ1) is 19.3. The number of carbonyl (C=O) groups excluding carboxylic acids is 1. The summed E-state index contributed by atoms with van der Waals surface area (Å²) in [6.45, 7) is 5.17. The third kappa shape index (κ3) is 2.63. The van der Waals surface area contributed by atoms with E-state index in [0.717, 1.165) is 0 Å². The number of hydrogen-bond acceptors (Lipinski definition) is 5. The minimum absolute atomic E-state index is 0.0306. The molecule has 0 saturated carbocycles. The normalized spacial score (nSPS) is 27.8. The summed E-state index contributed by atoms with van der Waals surface area (Å²) in [6, 6.07) is 7.80. The lowest BCUT2D eigenvalue weighted by Gasteiger charge is -2.48. The highest BCUT2D eigenvalue weighted by Gasteiger charge is 2.64. The quantitative estimate of drug-likeness (QED) is 0.656. The number of Topliss-reactive ketones (excluding diaryl/α,β-unsaturated/α-hetero) is 1. The van der Waals surface area contributed by atoms with Gasteiger partial charge in [-0.25, -0.2) is 4.79 Å². The Bertz CT molecular complexity index is 934. The number of carbonyl (C=O) groups is 2. The van der Waals surface area contributed by atoms with Gasteiger partial charge in [0.25, 0.3) is 0 Å². The third-order valence-electron chi connectivity index (χ3n) is 5.77. The van der Waals surface area contributed by atoms with Crippen LogP contribution in [0.5, 0.6) is 5.75 Å². The van der Waals surface area contributed by atoms with Gasteiger partial charge in [0.1, 0.15) is 11.4 Å². The van der Waals surface area contributed by atoms with E-state index in [4.69, 9.17) is 0 Å². The van der Waals surface area contributed by atoms with Gasteiger partial charge in [-0.2, -0.15) is 0 Å². The van der Waals surface area contributed by atoms with Gasteiger partial charge in [-0.15, -0.1) is 0 Å². The van der Waals surface area contributed by atoms with Crippen LogP contribution in [-0.4, -0.2) is 37.8 Å². The van der Waals surface area contributed by atoms with Crippen molar-refractivity contribution in [3.63, 3.8) is 0 Å². The maximum atomic E-state index is 12.9. The lowest BCUT2D eigenvalue weighted by atomic mass is 9.60. The zero-order valence-corrected chi connectivity index (χ0v) is 15.6. The SMILES string of the molecule is CC(C)CCC1(O)c2cc3c(O)cccc3cc2C(=O)C(C)C1(O)C(=O)O. The van der Waals surface area contributed by atoms with Crippen molar-refractivity contribution >= 4 is 22.5 Å². The second-order valence-corrected chi connectivity index (χ2v) is 7.85. The smallest absolute Gasteiger partial charge is 0.339 e. The Hall–Kier alpha value is -2.44. The Kier molecular flexibility index (Phi) is 4.52. The van der Waals surface area contributed by atoms with Crippen LogP contribution >= 0.6 is 0 Å². The molecular weight excluding hydrogens is 348 g/mol. The summed E-state index contributed by atoms with van der Waals surface area (Å²) in [5, 5.41) is 43.5. The summed E-state index contributed by atoms with van der Waals surface area (Å²) in [4.78, 5) is 24.9. The van der Waals surface area contributed by atoms with Gasteiger partial charge in [-0.3, -0.25) is 4.79 Å². The molecule has 1 aliphatic rings. The van der Waals surface area contributed by atoms with Gasteiger partial charge >= 0.3 is 5.97 Å². The van der Waals surface area contributed by atoms with Gasteiger partial charge in [0, 0.05) is 10.9 Å². The maximum Gasteiger partial charge on any atom is 0.339 e. The highest BCUT2D eigenvalue weighted by molar-refractivity contribution is 6.08. The number of phenolic OH excluding ortho intramolecular Hbond substituents is 1. The molecule has 2 aromatic rings. The first-order valence-electron chi connectivity index (χ1n) is 9.02. The fraction of sp³-hybridized carbons (Fsp3) is 0.429. The summed E-state index contributed by atoms with van der Waals surface area (Å²) < 4.78 is 0. The number of aliphatic hydroxyl groups is 2. The Labute approximate surface area is 157 Å². The molecule has 1 aliphatic carbocycles. The average molecular weight is 372 g/mol. The zero-order chi connectivity index (χ0) is 20.1. The van der Waals surface area contributed by atoms with Crippen molar-refractivity contribution < 1.29 is 30.0 Å². The van der Waals surface area contributed by atoms with Gasteiger partial charge in [-0.1, -0.05) is 32.9 Å². The fourth-order valence-electron chi connectivity index (χ4n) is 4.03. The number of benzene rings is 2. The van der Waals surface area contributed by atoms with Crippen molar-refractivity contribution in [1.29, 1.82) is 0 Å². The van der Waals surface area contributed by atoms with E-state index in [1.165, 1.54) is 19.1 Å². The van der Waals surface area contributed by atoms with Gasteiger partial charge < -0.3 is 20.4 Å². The van der Waals surface area contributed by atoms with Crippen LogP contribution in [0.3, 0.4) is 0 Å². The first-order valence-corrected chi connectivity index (χ1v) is 9.02. The first-order chi connectivity index (χ1) is 12.5. The van der Waals surface area contributed by atoms with E-state index in [9.17, 15) is 30.0 Å². The topological polar surface area (TPSA) is 115 Å². The van der Waals surface area contributed by atoms with E-state index in [-0.39, 0.29) is 29.2 Å². The number of hydrogen-bond donors (Lipinski definition) is 4. The molecule has 0 aliphatic heterocycles. The molecule has 0 saturated heterocycles. The van der Waals surface area contributed by atoms with Crippen LogP contribution in [0.2, 0.25) is 0 Å². The second kappa shape index (κ2) is 6.32. The molecule has 6 heteroatoms. The number of phenols is 1. The molecule has 0 fully saturated rings. The maximum absolute atomic E-state index is 12.9. The second-order valence-electron chi connectivity index (χ2n) is 7.85. The van der Waals surface area contributed by atoms with Gasteiger partial charge in [0.2, 0.25) is 5.60 Å². The molecule has 4 N–H and O–H groups in total. The Morgan fingerprint density at radius 2 is 1.89 bits per heavy atom. The lowest BCUT2D eigenvalue weighted by Crippen LogP contribution is -2.65. The van der Waals surface area contributed by atoms with Crippen LogP contribution in [0.15, 0.2) is 30.3 Å². The van der Waals surface area contributed by atoms with E-state index >= 15 is 0 Å². The van der Waals surface area contributed by atoms with E-state index < -0.39 is 28.9 Å². The number of carboxylic acids is 1. The lowest BCUT2D eigenvalue weighted by molar-refractivity contribution is -0.210. The molecule has 3 rings (SSSR count). The van der Waals surface area contributed by atoms with Gasteiger partial charge in [0.15, 0.2) is 5.78 Å². The van der Waals surface area contributed by atoms with Crippen molar-refractivity contribution in [3.05, 3.63) is 41.5 Å². The van der Waals surface area contributed by atoms with Crippen LogP contribution < -0.4 is 0 Å². The van der Waals surface area contributed by atoms with E-state index in [0.29, 0.717) is 17.2 Å². The van der Waals surface area contributed by atoms with Crippen molar-refractivity contribution in [2.24, 2.45) is 11.8 Å². The highest BCUT2D eigenvalue weighted by Crippen LogP contribution is 2.50. The summed E-state index contributed by atoms with van der Waals surface area (Å²) >= 11 is 0. The average Bonchev–Trinajstić information content (AvgIpc) is 2.62. The largest absolute Gasteiger partial charge is 0.507 e. The predicted octanol–water partition coefficient (Wildman–Crippen LogP) is 2.82. The van der Waals surface area contributed by atoms with Gasteiger partial charge in [-0.05, 0) is 47.9 Å². The molecule has 144 valence electrons. The molecule has 0 heterocycles. The number of carboxylic acid groups (broad SMARTS) is 1. The van der Waals surface area contributed by atoms with Crippen LogP contribution in [-0.2, 0) is 10.4 Å². The molecule has 27 heavy (non-hydrogen) atoms. The minimum atomic E-state index is -2.66. The molecule has 0 radical (unpaired) electrons. The Morgan fingerprint density at radius 1 is 1.22 bits per heavy atom. The molecule has 0 spiro atoms. The summed E-state index contributed by atoms with van der Waals surface area (Å²) in [6.07, 6.45) is 0.419. The number of aliphatic carboxylic acids is 1. The molecule has 0 aromatic heterocycles. The molecule has 3 atom stereocenters. The zero-order valence-electron chi connectivity index (χ0n) is 15.6. The van der Waals surface area contributed by atoms with Crippen LogP contribution in [0.1, 0.15) is 49.5 Å². The van der Waals surface area contributed by atoms with Crippen LogP contribution in [0, 0.1) is 11.8 Å². The summed E-state index contributed by atoms with van der Waals surface area (Å²) in [5.41, 5.74) is -4.60. The molecule has 0 amide bonds. The number of rotatable bonds is 4. The summed E-state index contributed by atoms with van der Waals surface area (Å²) in [7, 11) is 0. The number of ketones is 1. The third-order valence-corrected chi connectivity index (χ3v) is 5.77. The van der Waals surface area contributed by atoms with Crippen molar-refractivity contribution in [2.75, 3.05) is 0 Å². The Balaban J connectivity index is 2.37. The molecular formula is C21H24O6. The van der Waals surface area contributed by atoms with E-state index in [1.54, 1.807) is 18.2 Å². The van der Waals surface area contributed by atoms with Crippen LogP contribution in [0.4, 0.5) is 0 Å². The van der Waals surface area contributed by atoms with Crippen molar-refractivity contribution in [3.8, 4) is 5.75 Å². The summed E-state index contributed by atoms with van der Waals surface area (Å²) in [5.74, 6) is -3.41. The number of aromatic hydroxyl groups is 1. The number of fused-ring (bicyclic) bond motifs is 2. The van der Waals surface area contributed by atoms with Crippen molar-refractivity contribution in [1.82, 2.24) is 0 Å². The standard InChI is InChI=1S/C21H24O6/c1-11(2)7-8-20(26)16-10-14-13(5-4-6-17(14)22)9-15(16)18(23)12(3)21(20,27)19(24)25/h4-6,9-12,22,26-27H,7-8H2,1-3H3,(H,24,25). The van der Waals surface area contributed by atoms with Crippen LogP contribution in [0.25, 0.3) is 10.8 Å². The Morgan fingerprint density at radius 3 is 2.48 bits per heavy atom. The van der Waals surface area contributed by atoms with E-state index in [2.05, 4.69) is 0 Å². The monoisotopic (exact) mass is 372 g/mol. The van der Waals surface area contributed by atoms with E-state index in [1.807, 2.05) is 13.8 Å². The fourth-order valence-corrected chi connectivity index (χ4v) is 4.03. The highest BCUT2D eigenvalue weighted by atomic mass is 16.4.